The molecule has 0 radical (unpaired) electrons. The number of rotatable bonds is 5. The Bertz CT molecular complexity index is 1180. The summed E-state index contributed by atoms with van der Waals surface area (Å²) in [6.45, 7) is 0. The summed E-state index contributed by atoms with van der Waals surface area (Å²) in [5.74, 6) is 0.0943. The molecule has 144 valence electrons. The first-order chi connectivity index (χ1) is 14.1. The molecule has 5 nitrogen and oxygen atoms in total. The number of aromatic nitrogens is 2. The van der Waals surface area contributed by atoms with Gasteiger partial charge in [0, 0.05) is 21.8 Å². The van der Waals surface area contributed by atoms with E-state index in [2.05, 4.69) is 20.6 Å². The highest BCUT2D eigenvalue weighted by Gasteiger charge is 2.09. The van der Waals surface area contributed by atoms with E-state index >= 15 is 0 Å². The molecule has 1 aromatic heterocycles. The highest BCUT2D eigenvalue weighted by atomic mass is 35.5. The molecule has 0 unspecified atom stereocenters. The van der Waals surface area contributed by atoms with Gasteiger partial charge in [0.05, 0.1) is 11.9 Å². The fourth-order valence-corrected chi connectivity index (χ4v) is 3.15. The summed E-state index contributed by atoms with van der Waals surface area (Å²) in [6, 6.07) is 18.6. The maximum Gasteiger partial charge on any atom is 0.228 e. The molecule has 0 aliphatic carbocycles. The highest BCUT2D eigenvalue weighted by Crippen LogP contribution is 2.26. The molecule has 0 spiro atoms. The number of nitrogens with one attached hydrogen (secondary N) is 2. The van der Waals surface area contributed by atoms with Crippen molar-refractivity contribution in [1.29, 1.82) is 0 Å². The second-order valence-electron chi connectivity index (χ2n) is 6.44. The van der Waals surface area contributed by atoms with Gasteiger partial charge in [-0.25, -0.2) is 14.4 Å². The molecular formula is C22H16ClFN4O. The molecule has 0 bridgehead atoms. The van der Waals surface area contributed by atoms with Gasteiger partial charge in [-0.3, -0.25) is 4.79 Å². The number of halogens is 2. The van der Waals surface area contributed by atoms with Gasteiger partial charge >= 0.3 is 0 Å². The Morgan fingerprint density at radius 3 is 2.55 bits per heavy atom. The van der Waals surface area contributed by atoms with Crippen LogP contribution in [0.4, 0.5) is 21.6 Å². The van der Waals surface area contributed by atoms with Gasteiger partial charge in [0.2, 0.25) is 5.91 Å². The van der Waals surface area contributed by atoms with Gasteiger partial charge in [0.25, 0.3) is 0 Å². The van der Waals surface area contributed by atoms with Crippen LogP contribution in [0.3, 0.4) is 0 Å². The smallest absolute Gasteiger partial charge is 0.228 e. The first-order valence-corrected chi connectivity index (χ1v) is 9.26. The Kier molecular flexibility index (Phi) is 5.35. The number of carbonyl (C=O) groups is 1. The van der Waals surface area contributed by atoms with Crippen LogP contribution < -0.4 is 10.6 Å². The lowest BCUT2D eigenvalue weighted by atomic mass is 10.1. The van der Waals surface area contributed by atoms with Crippen molar-refractivity contribution < 1.29 is 9.18 Å². The minimum atomic E-state index is -0.312. The first-order valence-electron chi connectivity index (χ1n) is 8.88. The lowest BCUT2D eigenvalue weighted by Crippen LogP contribution is -2.14. The second kappa shape index (κ2) is 8.24. The number of anilines is 3. The molecule has 0 aliphatic heterocycles. The van der Waals surface area contributed by atoms with E-state index in [0.29, 0.717) is 22.2 Å². The van der Waals surface area contributed by atoms with Gasteiger partial charge in [-0.2, -0.15) is 0 Å². The normalized spacial score (nSPS) is 10.7. The van der Waals surface area contributed by atoms with E-state index in [1.165, 1.54) is 18.5 Å². The van der Waals surface area contributed by atoms with Crippen molar-refractivity contribution in [3.8, 4) is 0 Å². The zero-order chi connectivity index (χ0) is 20.2. The fraction of sp³-hybridized carbons (Fsp3) is 0.0455. The van der Waals surface area contributed by atoms with Crippen molar-refractivity contribution >= 4 is 45.6 Å². The van der Waals surface area contributed by atoms with Crippen LogP contribution >= 0.6 is 11.6 Å². The summed E-state index contributed by atoms with van der Waals surface area (Å²) in [5, 5.41) is 7.37. The van der Waals surface area contributed by atoms with Crippen LogP contribution in [0.25, 0.3) is 10.9 Å². The number of nitrogens with zero attached hydrogens (tertiary/aromatic N) is 2. The maximum absolute atomic E-state index is 13.1. The van der Waals surface area contributed by atoms with Gasteiger partial charge < -0.3 is 10.6 Å². The summed E-state index contributed by atoms with van der Waals surface area (Å²) in [7, 11) is 0. The van der Waals surface area contributed by atoms with Crippen LogP contribution in [-0.4, -0.2) is 15.9 Å². The van der Waals surface area contributed by atoms with E-state index in [-0.39, 0.29) is 18.1 Å². The standard InChI is InChI=1S/C22H16ClFN4O/c23-15-3-1-2-14(10-15)11-21(29)27-18-8-9-20-19(12-18)22(26-13-25-20)28-17-6-4-16(24)5-7-17/h1-10,12-13H,11H2,(H,27,29)(H,25,26,28). The molecule has 7 heteroatoms. The molecule has 4 aromatic rings. The molecule has 1 heterocycles. The maximum atomic E-state index is 13.1. The van der Waals surface area contributed by atoms with Crippen molar-refractivity contribution in [2.45, 2.75) is 6.42 Å². The molecule has 0 saturated carbocycles. The summed E-state index contributed by atoms with van der Waals surface area (Å²) in [5.41, 5.74) is 2.87. The minimum absolute atomic E-state index is 0.156. The number of hydrogen-bond donors (Lipinski definition) is 2. The quantitative estimate of drug-likeness (QED) is 0.469. The minimum Gasteiger partial charge on any atom is -0.340 e. The van der Waals surface area contributed by atoms with E-state index < -0.39 is 0 Å². The fourth-order valence-electron chi connectivity index (χ4n) is 2.94. The topological polar surface area (TPSA) is 66.9 Å². The van der Waals surface area contributed by atoms with E-state index in [0.717, 1.165) is 16.5 Å². The van der Waals surface area contributed by atoms with E-state index in [1.54, 1.807) is 36.4 Å². The Labute approximate surface area is 171 Å². The monoisotopic (exact) mass is 406 g/mol. The summed E-state index contributed by atoms with van der Waals surface area (Å²) >= 11 is 5.97. The second-order valence-corrected chi connectivity index (χ2v) is 6.88. The summed E-state index contributed by atoms with van der Waals surface area (Å²) in [6.07, 6.45) is 1.66. The highest BCUT2D eigenvalue weighted by molar-refractivity contribution is 6.30. The number of hydrogen-bond acceptors (Lipinski definition) is 4. The molecular weight excluding hydrogens is 391 g/mol. The molecule has 4 rings (SSSR count). The Hall–Kier alpha value is -3.51. The summed E-state index contributed by atoms with van der Waals surface area (Å²) in [4.78, 5) is 20.9. The van der Waals surface area contributed by atoms with Crippen molar-refractivity contribution in [3.05, 3.63) is 89.5 Å². The molecule has 2 N–H and O–H groups in total. The van der Waals surface area contributed by atoms with E-state index in [9.17, 15) is 9.18 Å². The average Bonchev–Trinajstić information content (AvgIpc) is 2.70. The van der Waals surface area contributed by atoms with Gasteiger partial charge in [0.15, 0.2) is 0 Å². The van der Waals surface area contributed by atoms with Gasteiger partial charge in [0.1, 0.15) is 18.0 Å². The SMILES string of the molecule is O=C(Cc1cccc(Cl)c1)Nc1ccc2ncnc(Nc3ccc(F)cc3)c2c1. The number of benzene rings is 3. The third-order valence-corrected chi connectivity index (χ3v) is 4.51. The van der Waals surface area contributed by atoms with E-state index in [4.69, 9.17) is 11.6 Å². The summed E-state index contributed by atoms with van der Waals surface area (Å²) < 4.78 is 13.1. The first kappa shape index (κ1) is 18.8. The largest absolute Gasteiger partial charge is 0.340 e. The van der Waals surface area contributed by atoms with Crippen molar-refractivity contribution in [2.75, 3.05) is 10.6 Å². The molecule has 29 heavy (non-hydrogen) atoms. The average molecular weight is 407 g/mol. The van der Waals surface area contributed by atoms with Crippen molar-refractivity contribution in [3.63, 3.8) is 0 Å². The Balaban J connectivity index is 1.56. The number of amides is 1. The third kappa shape index (κ3) is 4.67. The molecule has 1 amide bonds. The molecule has 3 aromatic carbocycles. The zero-order valence-electron chi connectivity index (χ0n) is 15.2. The van der Waals surface area contributed by atoms with Crippen molar-refractivity contribution in [1.82, 2.24) is 9.97 Å². The lowest BCUT2D eigenvalue weighted by Gasteiger charge is -2.11. The number of fused-ring (bicyclic) bond motifs is 1. The lowest BCUT2D eigenvalue weighted by molar-refractivity contribution is -0.115. The van der Waals surface area contributed by atoms with Crippen LogP contribution in [0.15, 0.2) is 73.1 Å². The number of carbonyl (C=O) groups excluding carboxylic acids is 1. The predicted octanol–water partition coefficient (Wildman–Crippen LogP) is 5.35. The Morgan fingerprint density at radius 2 is 1.76 bits per heavy atom. The van der Waals surface area contributed by atoms with Crippen LogP contribution in [0.1, 0.15) is 5.56 Å². The van der Waals surface area contributed by atoms with Crippen LogP contribution in [0, 0.1) is 5.82 Å². The van der Waals surface area contributed by atoms with Crippen LogP contribution in [-0.2, 0) is 11.2 Å². The van der Waals surface area contributed by atoms with E-state index in [1.807, 2.05) is 18.2 Å². The predicted molar refractivity (Wildman–Crippen MR) is 113 cm³/mol. The van der Waals surface area contributed by atoms with Crippen LogP contribution in [0.5, 0.6) is 0 Å². The molecule has 0 aliphatic rings. The molecule has 0 saturated heterocycles. The van der Waals surface area contributed by atoms with Crippen molar-refractivity contribution in [2.24, 2.45) is 0 Å². The van der Waals surface area contributed by atoms with Gasteiger partial charge in [-0.1, -0.05) is 23.7 Å². The molecule has 0 atom stereocenters. The van der Waals surface area contributed by atoms with Gasteiger partial charge in [-0.05, 0) is 60.2 Å². The Morgan fingerprint density at radius 1 is 0.966 bits per heavy atom. The zero-order valence-corrected chi connectivity index (χ0v) is 15.9. The van der Waals surface area contributed by atoms with Gasteiger partial charge in [-0.15, -0.1) is 0 Å². The molecule has 0 fully saturated rings. The van der Waals surface area contributed by atoms with Crippen LogP contribution in [0.2, 0.25) is 5.02 Å². The third-order valence-electron chi connectivity index (χ3n) is 4.28.